The Kier molecular flexibility index (Phi) is 7.55. The van der Waals surface area contributed by atoms with Gasteiger partial charge in [0, 0.05) is 32.5 Å². The van der Waals surface area contributed by atoms with E-state index >= 15 is 0 Å². The molecule has 2 amide bonds. The van der Waals surface area contributed by atoms with E-state index in [9.17, 15) is 14.0 Å². The highest BCUT2D eigenvalue weighted by atomic mass is 35.5. The van der Waals surface area contributed by atoms with Crippen molar-refractivity contribution >= 4 is 35.2 Å². The summed E-state index contributed by atoms with van der Waals surface area (Å²) in [4.78, 5) is 30.1. The summed E-state index contributed by atoms with van der Waals surface area (Å²) in [6.07, 6.45) is 3.99. The normalized spacial score (nSPS) is 19.8. The molecule has 1 atom stereocenters. The molecule has 2 aromatic rings. The maximum atomic E-state index is 14.4. The van der Waals surface area contributed by atoms with Gasteiger partial charge in [0.15, 0.2) is 5.82 Å². The maximum absolute atomic E-state index is 14.4. The van der Waals surface area contributed by atoms with Gasteiger partial charge in [0.2, 0.25) is 5.91 Å². The first-order valence-corrected chi connectivity index (χ1v) is 13.4. The van der Waals surface area contributed by atoms with E-state index in [1.54, 1.807) is 22.7 Å². The number of piperidine rings is 1. The molecule has 1 spiro atoms. The molecule has 1 N–H and O–H groups in total. The van der Waals surface area contributed by atoms with E-state index in [-0.39, 0.29) is 28.4 Å². The molecule has 182 valence electrons. The number of aryl methyl sites for hydroxylation is 2. The minimum atomic E-state index is -0.683. The minimum Gasteiger partial charge on any atom is -0.338 e. The van der Waals surface area contributed by atoms with Crippen LogP contribution in [0.3, 0.4) is 0 Å². The van der Waals surface area contributed by atoms with E-state index in [1.807, 2.05) is 11.2 Å². The first-order valence-electron chi connectivity index (χ1n) is 11.6. The Labute approximate surface area is 210 Å². The lowest BCUT2D eigenvalue weighted by atomic mass is 9.94. The summed E-state index contributed by atoms with van der Waals surface area (Å²) in [6.45, 7) is 5.53. The van der Waals surface area contributed by atoms with Gasteiger partial charge < -0.3 is 9.80 Å². The molecule has 2 aromatic carbocycles. The van der Waals surface area contributed by atoms with Crippen molar-refractivity contribution < 1.29 is 14.0 Å². The van der Waals surface area contributed by atoms with Crippen LogP contribution in [0, 0.1) is 19.7 Å². The number of nitrogens with one attached hydrogen (secondary N) is 1. The molecule has 0 aromatic heterocycles. The molecular formula is C26H31ClFN3O2S. The van der Waals surface area contributed by atoms with Crippen molar-refractivity contribution in [2.75, 3.05) is 25.1 Å². The minimum absolute atomic E-state index is 0.0103. The molecule has 2 aliphatic rings. The van der Waals surface area contributed by atoms with Gasteiger partial charge in [0.25, 0.3) is 5.91 Å². The number of carbonyl (C=O) groups excluding carboxylic acids is 2. The number of carbonyl (C=O) groups is 2. The number of rotatable bonds is 6. The lowest BCUT2D eigenvalue weighted by Crippen LogP contribution is -2.59. The molecule has 2 aliphatic heterocycles. The molecule has 0 aliphatic carbocycles. The second-order valence-electron chi connectivity index (χ2n) is 9.32. The van der Waals surface area contributed by atoms with Gasteiger partial charge in [0.1, 0.15) is 0 Å². The topological polar surface area (TPSA) is 52.7 Å². The third kappa shape index (κ3) is 4.97. The van der Waals surface area contributed by atoms with E-state index < -0.39 is 11.5 Å². The van der Waals surface area contributed by atoms with Crippen LogP contribution in [-0.4, -0.2) is 58.4 Å². The van der Waals surface area contributed by atoms with E-state index in [1.165, 1.54) is 23.3 Å². The molecule has 8 heteroatoms. The van der Waals surface area contributed by atoms with Crippen molar-refractivity contribution in [2.24, 2.45) is 0 Å². The van der Waals surface area contributed by atoms with Gasteiger partial charge in [0.05, 0.1) is 22.3 Å². The zero-order chi connectivity index (χ0) is 24.5. The second-order valence-corrected chi connectivity index (χ2v) is 10.7. The largest absolute Gasteiger partial charge is 0.338 e. The van der Waals surface area contributed by atoms with Crippen LogP contribution in [0.2, 0.25) is 5.02 Å². The number of benzene rings is 2. The Morgan fingerprint density at radius 3 is 2.53 bits per heavy atom. The lowest BCUT2D eigenvalue weighted by molar-refractivity contribution is -0.134. The summed E-state index contributed by atoms with van der Waals surface area (Å²) < 4.78 is 14.4. The van der Waals surface area contributed by atoms with Crippen LogP contribution < -0.4 is 5.32 Å². The van der Waals surface area contributed by atoms with Gasteiger partial charge in [-0.15, -0.1) is 0 Å². The molecule has 0 radical (unpaired) electrons. The number of thioether (sulfide) groups is 1. The Bertz CT molecular complexity index is 1070. The van der Waals surface area contributed by atoms with Gasteiger partial charge in [-0.2, -0.15) is 11.8 Å². The van der Waals surface area contributed by atoms with Crippen molar-refractivity contribution in [2.45, 2.75) is 51.4 Å². The van der Waals surface area contributed by atoms with Gasteiger partial charge in [-0.05, 0) is 50.0 Å². The first kappa shape index (κ1) is 25.0. The van der Waals surface area contributed by atoms with Crippen molar-refractivity contribution in [3.05, 3.63) is 69.5 Å². The van der Waals surface area contributed by atoms with Gasteiger partial charge >= 0.3 is 0 Å². The molecule has 2 heterocycles. The van der Waals surface area contributed by atoms with Crippen molar-refractivity contribution in [1.29, 1.82) is 0 Å². The number of likely N-dealkylation sites (tertiary alicyclic amines) is 1. The van der Waals surface area contributed by atoms with E-state index in [4.69, 9.17) is 11.6 Å². The van der Waals surface area contributed by atoms with Crippen molar-refractivity contribution in [1.82, 2.24) is 15.1 Å². The molecule has 2 saturated heterocycles. The summed E-state index contributed by atoms with van der Waals surface area (Å²) >= 11 is 7.61. The summed E-state index contributed by atoms with van der Waals surface area (Å²) in [5.41, 5.74) is 2.93. The fourth-order valence-electron chi connectivity index (χ4n) is 5.20. The predicted molar refractivity (Wildman–Crippen MR) is 136 cm³/mol. The van der Waals surface area contributed by atoms with Gasteiger partial charge in [-0.25, -0.2) is 4.39 Å². The number of halogens is 2. The van der Waals surface area contributed by atoms with Crippen LogP contribution in [0.4, 0.5) is 4.39 Å². The molecular weight excluding hydrogens is 473 g/mol. The molecule has 2 fully saturated rings. The number of hydrogen-bond acceptors (Lipinski definition) is 4. The SMILES string of the molecule is CSCCC1NC2(CCN(C(=O)c3cccc(Cl)c3F)CC2)N(Cc2cc(C)cc(C)c2)C1=O. The van der Waals surface area contributed by atoms with Crippen LogP contribution in [0.15, 0.2) is 36.4 Å². The quantitative estimate of drug-likeness (QED) is 0.616. The van der Waals surface area contributed by atoms with Crippen LogP contribution in [0.5, 0.6) is 0 Å². The zero-order valence-corrected chi connectivity index (χ0v) is 21.4. The summed E-state index contributed by atoms with van der Waals surface area (Å²) in [5, 5.41) is 3.58. The van der Waals surface area contributed by atoms with Crippen LogP contribution in [0.25, 0.3) is 0 Å². The van der Waals surface area contributed by atoms with Crippen LogP contribution in [0.1, 0.15) is 46.3 Å². The van der Waals surface area contributed by atoms with Crippen molar-refractivity contribution in [3.63, 3.8) is 0 Å². The Morgan fingerprint density at radius 1 is 1.21 bits per heavy atom. The Hall–Kier alpha value is -2.09. The van der Waals surface area contributed by atoms with Crippen LogP contribution >= 0.6 is 23.4 Å². The third-order valence-corrected chi connectivity index (χ3v) is 7.75. The highest BCUT2D eigenvalue weighted by Crippen LogP contribution is 2.35. The average Bonchev–Trinajstić information content (AvgIpc) is 3.04. The van der Waals surface area contributed by atoms with Gasteiger partial charge in [-0.1, -0.05) is 47.0 Å². The van der Waals surface area contributed by atoms with E-state index in [0.29, 0.717) is 32.5 Å². The molecule has 5 nitrogen and oxygen atoms in total. The summed E-state index contributed by atoms with van der Waals surface area (Å²) in [5.74, 6) is -0.0275. The highest BCUT2D eigenvalue weighted by molar-refractivity contribution is 7.98. The van der Waals surface area contributed by atoms with Gasteiger partial charge in [-0.3, -0.25) is 14.9 Å². The molecule has 0 saturated carbocycles. The summed E-state index contributed by atoms with van der Waals surface area (Å²) in [7, 11) is 0. The summed E-state index contributed by atoms with van der Waals surface area (Å²) in [6, 6.07) is 10.6. The Morgan fingerprint density at radius 2 is 1.88 bits per heavy atom. The number of nitrogens with zero attached hydrogens (tertiary/aromatic N) is 2. The molecule has 0 bridgehead atoms. The highest BCUT2D eigenvalue weighted by Gasteiger charge is 2.51. The fraction of sp³-hybridized carbons (Fsp3) is 0.462. The number of amides is 2. The predicted octanol–water partition coefficient (Wildman–Crippen LogP) is 4.78. The standard InChI is InChI=1S/C26H31ClFN3O2S/c1-17-13-18(2)15-19(14-17)16-31-25(33)22(7-12-34-3)29-26(31)8-10-30(11-9-26)24(32)20-5-4-6-21(27)23(20)28/h4-6,13-15,22,29H,7-12,16H2,1-3H3. The average molecular weight is 504 g/mol. The first-order chi connectivity index (χ1) is 16.2. The monoisotopic (exact) mass is 503 g/mol. The fourth-order valence-corrected chi connectivity index (χ4v) is 5.85. The zero-order valence-electron chi connectivity index (χ0n) is 19.9. The molecule has 1 unspecified atom stereocenters. The Balaban J connectivity index is 1.55. The smallest absolute Gasteiger partial charge is 0.256 e. The second kappa shape index (κ2) is 10.3. The van der Waals surface area contributed by atoms with Crippen LogP contribution in [-0.2, 0) is 11.3 Å². The lowest BCUT2D eigenvalue weighted by Gasteiger charge is -2.44. The molecule has 34 heavy (non-hydrogen) atoms. The van der Waals surface area contributed by atoms with E-state index in [2.05, 4.69) is 37.4 Å². The van der Waals surface area contributed by atoms with E-state index in [0.717, 1.165) is 17.7 Å². The maximum Gasteiger partial charge on any atom is 0.256 e. The van der Waals surface area contributed by atoms with Crippen molar-refractivity contribution in [3.8, 4) is 0 Å². The number of hydrogen-bond donors (Lipinski definition) is 1. The third-order valence-electron chi connectivity index (χ3n) is 6.82. The molecule has 4 rings (SSSR count).